The first-order valence-electron chi connectivity index (χ1n) is 8.77. The number of benzene rings is 1. The summed E-state index contributed by atoms with van der Waals surface area (Å²) in [6.45, 7) is 0. The second-order valence-corrected chi connectivity index (χ2v) is 7.07. The van der Waals surface area contributed by atoms with Gasteiger partial charge in [-0.1, -0.05) is 31.4 Å². The predicted molar refractivity (Wildman–Crippen MR) is 92.4 cm³/mol. The predicted octanol–water partition coefficient (Wildman–Crippen LogP) is 2.95. The fourth-order valence-electron chi connectivity index (χ4n) is 3.34. The minimum atomic E-state index is -0.738. The van der Waals surface area contributed by atoms with E-state index in [-0.39, 0.29) is 5.91 Å². The van der Waals surface area contributed by atoms with E-state index < -0.39 is 5.54 Å². The zero-order chi connectivity index (χ0) is 16.6. The lowest BCUT2D eigenvalue weighted by Crippen LogP contribution is -2.52. The van der Waals surface area contributed by atoms with Crippen LogP contribution >= 0.6 is 0 Å². The van der Waals surface area contributed by atoms with E-state index in [1.54, 1.807) is 0 Å². The van der Waals surface area contributed by atoms with Crippen LogP contribution in [0.25, 0.3) is 11.4 Å². The Bertz CT molecular complexity index is 743. The molecule has 2 fully saturated rings. The molecule has 0 bridgehead atoms. The summed E-state index contributed by atoms with van der Waals surface area (Å²) in [4.78, 5) is 17.1. The maximum Gasteiger partial charge on any atom is 0.244 e. The molecule has 1 heterocycles. The topological polar surface area (TPSA) is 96.7 Å². The van der Waals surface area contributed by atoms with Crippen LogP contribution in [0, 0.1) is 0 Å². The number of aromatic nitrogens is 3. The molecular formula is C18H23N5O. The van der Waals surface area contributed by atoms with Crippen LogP contribution in [-0.4, -0.2) is 26.6 Å². The molecule has 1 aromatic carbocycles. The molecule has 0 unspecified atom stereocenters. The van der Waals surface area contributed by atoms with Gasteiger partial charge in [0.1, 0.15) is 5.82 Å². The van der Waals surface area contributed by atoms with Crippen LogP contribution in [0.4, 0.5) is 5.69 Å². The van der Waals surface area contributed by atoms with Crippen LogP contribution in [-0.2, 0) is 4.79 Å². The molecule has 0 aliphatic heterocycles. The van der Waals surface area contributed by atoms with Crippen molar-refractivity contribution in [1.29, 1.82) is 0 Å². The Balaban J connectivity index is 1.50. The van der Waals surface area contributed by atoms with Crippen LogP contribution in [0.1, 0.15) is 56.7 Å². The Labute approximate surface area is 141 Å². The van der Waals surface area contributed by atoms with Gasteiger partial charge >= 0.3 is 0 Å². The highest BCUT2D eigenvalue weighted by Gasteiger charge is 2.35. The molecule has 0 radical (unpaired) electrons. The number of carbonyl (C=O) groups excluding carboxylic acids is 1. The van der Waals surface area contributed by atoms with Gasteiger partial charge in [-0.2, -0.15) is 5.10 Å². The summed E-state index contributed by atoms with van der Waals surface area (Å²) in [5, 5.41) is 10.3. The van der Waals surface area contributed by atoms with Crippen LogP contribution in [0.3, 0.4) is 0 Å². The highest BCUT2D eigenvalue weighted by atomic mass is 16.2. The second kappa shape index (κ2) is 6.02. The first-order chi connectivity index (χ1) is 11.6. The van der Waals surface area contributed by atoms with Crippen molar-refractivity contribution in [3.63, 3.8) is 0 Å². The van der Waals surface area contributed by atoms with Crippen molar-refractivity contribution in [2.75, 3.05) is 5.32 Å². The molecule has 0 atom stereocenters. The largest absolute Gasteiger partial charge is 0.324 e. The van der Waals surface area contributed by atoms with Crippen molar-refractivity contribution in [2.24, 2.45) is 5.73 Å². The number of hydrogen-bond donors (Lipinski definition) is 3. The number of rotatable bonds is 4. The van der Waals surface area contributed by atoms with Crippen molar-refractivity contribution < 1.29 is 4.79 Å². The Morgan fingerprint density at radius 3 is 2.79 bits per heavy atom. The third-order valence-corrected chi connectivity index (χ3v) is 5.04. The highest BCUT2D eigenvalue weighted by Crippen LogP contribution is 2.38. The number of H-pyrrole nitrogens is 1. The fourth-order valence-corrected chi connectivity index (χ4v) is 3.34. The van der Waals surface area contributed by atoms with Crippen LogP contribution < -0.4 is 11.1 Å². The summed E-state index contributed by atoms with van der Waals surface area (Å²) in [6, 6.07) is 7.64. The molecule has 1 amide bonds. The monoisotopic (exact) mass is 325 g/mol. The van der Waals surface area contributed by atoms with Gasteiger partial charge in [0.05, 0.1) is 5.54 Å². The van der Waals surface area contributed by atoms with E-state index in [0.29, 0.717) is 11.7 Å². The van der Waals surface area contributed by atoms with Crippen molar-refractivity contribution in [3.05, 3.63) is 30.1 Å². The lowest BCUT2D eigenvalue weighted by molar-refractivity contribution is -0.122. The van der Waals surface area contributed by atoms with E-state index in [4.69, 9.17) is 5.73 Å². The number of nitrogens with one attached hydrogen (secondary N) is 2. The van der Waals surface area contributed by atoms with Gasteiger partial charge in [0, 0.05) is 17.2 Å². The van der Waals surface area contributed by atoms with E-state index >= 15 is 0 Å². The van der Waals surface area contributed by atoms with Gasteiger partial charge in [-0.3, -0.25) is 9.89 Å². The third kappa shape index (κ3) is 3.06. The van der Waals surface area contributed by atoms with E-state index in [1.165, 1.54) is 12.8 Å². The highest BCUT2D eigenvalue weighted by molar-refractivity contribution is 5.98. The van der Waals surface area contributed by atoms with Gasteiger partial charge in [-0.15, -0.1) is 0 Å². The van der Waals surface area contributed by atoms with E-state index in [0.717, 1.165) is 49.2 Å². The van der Waals surface area contributed by atoms with Gasteiger partial charge in [0.15, 0.2) is 5.82 Å². The van der Waals surface area contributed by atoms with Gasteiger partial charge in [0.2, 0.25) is 5.91 Å². The molecule has 1 aromatic heterocycles. The molecule has 4 N–H and O–H groups in total. The summed E-state index contributed by atoms with van der Waals surface area (Å²) < 4.78 is 0. The Morgan fingerprint density at radius 1 is 1.25 bits per heavy atom. The van der Waals surface area contributed by atoms with Crippen molar-refractivity contribution in [3.8, 4) is 11.4 Å². The summed E-state index contributed by atoms with van der Waals surface area (Å²) >= 11 is 0. The van der Waals surface area contributed by atoms with E-state index in [2.05, 4.69) is 20.5 Å². The van der Waals surface area contributed by atoms with Crippen LogP contribution in [0.2, 0.25) is 0 Å². The smallest absolute Gasteiger partial charge is 0.244 e. The maximum atomic E-state index is 12.6. The molecular weight excluding hydrogens is 302 g/mol. The molecule has 2 aromatic rings. The number of anilines is 1. The zero-order valence-corrected chi connectivity index (χ0v) is 13.7. The summed E-state index contributed by atoms with van der Waals surface area (Å²) in [7, 11) is 0. The SMILES string of the molecule is NC1(C(=O)Nc2cccc(-c3n[nH]c(C4CC4)n3)c2)CCCCC1. The maximum absolute atomic E-state index is 12.6. The van der Waals surface area contributed by atoms with Gasteiger partial charge in [0.25, 0.3) is 0 Å². The number of amides is 1. The van der Waals surface area contributed by atoms with Gasteiger partial charge in [-0.05, 0) is 37.8 Å². The second-order valence-electron chi connectivity index (χ2n) is 7.07. The summed E-state index contributed by atoms with van der Waals surface area (Å²) in [5.74, 6) is 2.08. The number of carbonyl (C=O) groups is 1. The lowest BCUT2D eigenvalue weighted by atomic mass is 9.82. The Kier molecular flexibility index (Phi) is 3.84. The van der Waals surface area contributed by atoms with Crippen molar-refractivity contribution >= 4 is 11.6 Å². The van der Waals surface area contributed by atoms with E-state index in [9.17, 15) is 4.79 Å². The number of aromatic amines is 1. The third-order valence-electron chi connectivity index (χ3n) is 5.04. The Hall–Kier alpha value is -2.21. The number of nitrogens with zero attached hydrogens (tertiary/aromatic N) is 2. The zero-order valence-electron chi connectivity index (χ0n) is 13.7. The molecule has 126 valence electrons. The first kappa shape index (κ1) is 15.3. The van der Waals surface area contributed by atoms with E-state index in [1.807, 2.05) is 24.3 Å². The van der Waals surface area contributed by atoms with Crippen molar-refractivity contribution in [1.82, 2.24) is 15.2 Å². The summed E-state index contributed by atoms with van der Waals surface area (Å²) in [6.07, 6.45) is 7.08. The molecule has 0 spiro atoms. The number of nitrogens with two attached hydrogens (primary N) is 1. The molecule has 6 nitrogen and oxygen atoms in total. The average molecular weight is 325 g/mol. The first-order valence-corrected chi connectivity index (χ1v) is 8.77. The molecule has 0 saturated heterocycles. The normalized spacial score (nSPS) is 19.9. The molecule has 24 heavy (non-hydrogen) atoms. The average Bonchev–Trinajstić information content (AvgIpc) is 3.33. The number of hydrogen-bond acceptors (Lipinski definition) is 4. The lowest BCUT2D eigenvalue weighted by Gasteiger charge is -2.31. The standard InChI is InChI=1S/C18H23N5O/c19-18(9-2-1-3-10-18)17(24)20-14-6-4-5-13(11-14)16-21-15(22-23-16)12-7-8-12/h4-6,11-12H,1-3,7-10,19H2,(H,20,24)(H,21,22,23). The molecule has 2 saturated carbocycles. The van der Waals surface area contributed by atoms with Crippen LogP contribution in [0.15, 0.2) is 24.3 Å². The Morgan fingerprint density at radius 2 is 2.04 bits per heavy atom. The molecule has 2 aliphatic rings. The van der Waals surface area contributed by atoms with Gasteiger partial charge < -0.3 is 11.1 Å². The quantitative estimate of drug-likeness (QED) is 0.805. The van der Waals surface area contributed by atoms with Crippen molar-refractivity contribution in [2.45, 2.75) is 56.4 Å². The molecule has 6 heteroatoms. The van der Waals surface area contributed by atoms with Crippen LogP contribution in [0.5, 0.6) is 0 Å². The fraction of sp³-hybridized carbons (Fsp3) is 0.500. The molecule has 2 aliphatic carbocycles. The minimum absolute atomic E-state index is 0.0898. The summed E-state index contributed by atoms with van der Waals surface area (Å²) in [5.41, 5.74) is 7.20. The minimum Gasteiger partial charge on any atom is -0.324 e. The molecule has 4 rings (SSSR count). The van der Waals surface area contributed by atoms with Gasteiger partial charge in [-0.25, -0.2) is 4.98 Å².